The number of rotatable bonds is 2. The number of imide groups is 1. The van der Waals surface area contributed by atoms with Crippen LogP contribution < -0.4 is 0 Å². The van der Waals surface area contributed by atoms with Gasteiger partial charge in [-0.3, -0.25) is 0 Å². The maximum absolute atomic E-state index is 11.7. The quantitative estimate of drug-likeness (QED) is 0.732. The summed E-state index contributed by atoms with van der Waals surface area (Å²) in [5, 5.41) is 8.72. The predicted molar refractivity (Wildman–Crippen MR) is 57.1 cm³/mol. The van der Waals surface area contributed by atoms with Crippen molar-refractivity contribution in [3.63, 3.8) is 0 Å². The first-order valence-electron chi connectivity index (χ1n) is 4.64. The Balaban J connectivity index is 4.68. The van der Waals surface area contributed by atoms with E-state index < -0.39 is 24.1 Å². The largest absolute Gasteiger partial charge is 0.480 e. The van der Waals surface area contributed by atoms with Gasteiger partial charge in [0.2, 0.25) is 0 Å². The van der Waals surface area contributed by atoms with E-state index in [1.165, 1.54) is 40.0 Å². The van der Waals surface area contributed by atoms with Gasteiger partial charge in [-0.05, 0) is 6.92 Å². The number of aliphatic carboxylic acids is 1. The maximum Gasteiger partial charge on any atom is 0.328 e. The highest BCUT2D eigenvalue weighted by molar-refractivity contribution is 5.94. The van der Waals surface area contributed by atoms with E-state index in [1.54, 1.807) is 0 Å². The summed E-state index contributed by atoms with van der Waals surface area (Å²) in [5.74, 6) is -1.12. The Kier molecular flexibility index (Phi) is 4.74. The summed E-state index contributed by atoms with van der Waals surface area (Å²) in [6, 6.07) is -2.15. The summed E-state index contributed by atoms with van der Waals surface area (Å²) < 4.78 is 0. The summed E-state index contributed by atoms with van der Waals surface area (Å²) in [6.45, 7) is 1.37. The van der Waals surface area contributed by atoms with Crippen molar-refractivity contribution in [3.05, 3.63) is 0 Å². The number of carbonyl (C=O) groups excluding carboxylic acids is 2. The van der Waals surface area contributed by atoms with Crippen LogP contribution in [0.5, 0.6) is 0 Å². The molecular weight excluding hydrogens is 214 g/mol. The number of hydrogen-bond acceptors (Lipinski definition) is 3. The number of hydrogen-bond donors (Lipinski definition) is 1. The number of amides is 4. The fourth-order valence-electron chi connectivity index (χ4n) is 0.950. The van der Waals surface area contributed by atoms with Crippen LogP contribution in [0.4, 0.5) is 9.59 Å². The van der Waals surface area contributed by atoms with Crippen LogP contribution in [0.25, 0.3) is 0 Å². The van der Waals surface area contributed by atoms with Gasteiger partial charge in [0.25, 0.3) is 0 Å². The molecule has 0 heterocycles. The van der Waals surface area contributed by atoms with Gasteiger partial charge in [-0.2, -0.15) is 0 Å². The van der Waals surface area contributed by atoms with Crippen LogP contribution in [0.15, 0.2) is 0 Å². The lowest BCUT2D eigenvalue weighted by molar-refractivity contribution is -0.141. The summed E-state index contributed by atoms with van der Waals surface area (Å²) in [6.07, 6.45) is 0. The van der Waals surface area contributed by atoms with Crippen molar-refractivity contribution in [2.45, 2.75) is 13.0 Å². The zero-order chi connectivity index (χ0) is 13.0. The first kappa shape index (κ1) is 14.2. The lowest BCUT2D eigenvalue weighted by Crippen LogP contribution is -2.50. The molecule has 7 heteroatoms. The number of carbonyl (C=O) groups is 3. The molecule has 0 spiro atoms. The van der Waals surface area contributed by atoms with E-state index in [2.05, 4.69) is 0 Å². The standard InChI is InChI=1S/C9H17N3O4/c1-6(7(13)14)11(4)9(16)12(5)8(15)10(2)3/h6H,1-5H3,(H,13,14)/t6-/m0/s1. The third-order valence-electron chi connectivity index (χ3n) is 2.20. The predicted octanol–water partition coefficient (Wildman–Crippen LogP) is 0.125. The van der Waals surface area contributed by atoms with Crippen LogP contribution in [0.2, 0.25) is 0 Å². The average Bonchev–Trinajstić information content (AvgIpc) is 2.23. The van der Waals surface area contributed by atoms with Crippen LogP contribution >= 0.6 is 0 Å². The Morgan fingerprint density at radius 1 is 1.00 bits per heavy atom. The first-order valence-corrected chi connectivity index (χ1v) is 4.64. The van der Waals surface area contributed by atoms with Gasteiger partial charge in [-0.25, -0.2) is 19.3 Å². The van der Waals surface area contributed by atoms with Crippen LogP contribution in [0.3, 0.4) is 0 Å². The molecule has 1 atom stereocenters. The molecule has 0 rings (SSSR count). The van der Waals surface area contributed by atoms with E-state index in [9.17, 15) is 14.4 Å². The van der Waals surface area contributed by atoms with Crippen molar-refractivity contribution in [1.82, 2.24) is 14.7 Å². The van der Waals surface area contributed by atoms with Gasteiger partial charge >= 0.3 is 18.0 Å². The van der Waals surface area contributed by atoms with Crippen molar-refractivity contribution in [2.24, 2.45) is 0 Å². The average molecular weight is 231 g/mol. The second-order valence-electron chi connectivity index (χ2n) is 3.64. The Morgan fingerprint density at radius 2 is 1.44 bits per heavy atom. The highest BCUT2D eigenvalue weighted by Gasteiger charge is 2.27. The van der Waals surface area contributed by atoms with Crippen molar-refractivity contribution in [2.75, 3.05) is 28.2 Å². The molecule has 0 unspecified atom stereocenters. The SMILES string of the molecule is C[C@@H](C(=O)O)N(C)C(=O)N(C)C(=O)N(C)C. The van der Waals surface area contributed by atoms with Gasteiger partial charge in [-0.15, -0.1) is 0 Å². The van der Waals surface area contributed by atoms with Crippen molar-refractivity contribution in [1.29, 1.82) is 0 Å². The Bertz CT molecular complexity index is 303. The number of likely N-dealkylation sites (N-methyl/N-ethyl adjacent to an activating group) is 1. The van der Waals surface area contributed by atoms with Crippen LogP contribution in [-0.4, -0.2) is 72.1 Å². The highest BCUT2D eigenvalue weighted by Crippen LogP contribution is 2.02. The van der Waals surface area contributed by atoms with E-state index in [4.69, 9.17) is 5.11 Å². The molecule has 1 N–H and O–H groups in total. The Hall–Kier alpha value is -1.79. The molecule has 4 amide bonds. The molecular formula is C9H17N3O4. The smallest absolute Gasteiger partial charge is 0.328 e. The monoisotopic (exact) mass is 231 g/mol. The molecule has 7 nitrogen and oxygen atoms in total. The minimum Gasteiger partial charge on any atom is -0.480 e. The third kappa shape index (κ3) is 3.11. The molecule has 0 bridgehead atoms. The zero-order valence-corrected chi connectivity index (χ0v) is 10.1. The summed E-state index contributed by atoms with van der Waals surface area (Å²) in [5.41, 5.74) is 0. The second kappa shape index (κ2) is 5.34. The van der Waals surface area contributed by atoms with Gasteiger partial charge in [0.15, 0.2) is 0 Å². The molecule has 0 radical (unpaired) electrons. The van der Waals surface area contributed by atoms with Crippen LogP contribution in [0, 0.1) is 0 Å². The first-order chi connectivity index (χ1) is 7.20. The van der Waals surface area contributed by atoms with E-state index in [0.717, 1.165) is 9.80 Å². The van der Waals surface area contributed by atoms with E-state index >= 15 is 0 Å². The van der Waals surface area contributed by atoms with Gasteiger partial charge in [0.1, 0.15) is 6.04 Å². The molecule has 0 saturated heterocycles. The van der Waals surface area contributed by atoms with Gasteiger partial charge < -0.3 is 14.9 Å². The summed E-state index contributed by atoms with van der Waals surface area (Å²) >= 11 is 0. The van der Waals surface area contributed by atoms with E-state index in [-0.39, 0.29) is 0 Å². The number of carboxylic acid groups (broad SMARTS) is 1. The molecule has 0 aliphatic carbocycles. The van der Waals surface area contributed by atoms with E-state index in [0.29, 0.717) is 0 Å². The normalized spacial score (nSPS) is 11.6. The van der Waals surface area contributed by atoms with Gasteiger partial charge in [-0.1, -0.05) is 0 Å². The number of nitrogens with zero attached hydrogens (tertiary/aromatic N) is 3. The van der Waals surface area contributed by atoms with Crippen LogP contribution in [-0.2, 0) is 4.79 Å². The van der Waals surface area contributed by atoms with Gasteiger partial charge in [0, 0.05) is 28.2 Å². The minimum atomic E-state index is -1.12. The van der Waals surface area contributed by atoms with Crippen molar-refractivity contribution < 1.29 is 19.5 Å². The molecule has 0 aromatic rings. The second-order valence-corrected chi connectivity index (χ2v) is 3.64. The topological polar surface area (TPSA) is 81.2 Å². The summed E-state index contributed by atoms with van der Waals surface area (Å²) in [7, 11) is 5.65. The molecule has 0 saturated carbocycles. The molecule has 0 aliphatic rings. The highest BCUT2D eigenvalue weighted by atomic mass is 16.4. The molecule has 0 aromatic heterocycles. The van der Waals surface area contributed by atoms with Crippen molar-refractivity contribution in [3.8, 4) is 0 Å². The lowest BCUT2D eigenvalue weighted by Gasteiger charge is -2.27. The number of urea groups is 2. The molecule has 92 valence electrons. The zero-order valence-electron chi connectivity index (χ0n) is 10.1. The Morgan fingerprint density at radius 3 is 1.75 bits per heavy atom. The molecule has 0 aromatic carbocycles. The minimum absolute atomic E-state index is 0.505. The summed E-state index contributed by atoms with van der Waals surface area (Å²) in [4.78, 5) is 36.9. The fraction of sp³-hybridized carbons (Fsp3) is 0.667. The van der Waals surface area contributed by atoms with Gasteiger partial charge in [0.05, 0.1) is 0 Å². The molecule has 16 heavy (non-hydrogen) atoms. The lowest BCUT2D eigenvalue weighted by atomic mass is 10.3. The Labute approximate surface area is 94.2 Å². The maximum atomic E-state index is 11.7. The van der Waals surface area contributed by atoms with Crippen LogP contribution in [0.1, 0.15) is 6.92 Å². The third-order valence-corrected chi connectivity index (χ3v) is 2.20. The van der Waals surface area contributed by atoms with E-state index in [1.807, 2.05) is 0 Å². The fourth-order valence-corrected chi connectivity index (χ4v) is 0.950. The number of carboxylic acids is 1. The molecule has 0 fully saturated rings. The molecule has 0 aliphatic heterocycles. The van der Waals surface area contributed by atoms with Crippen molar-refractivity contribution >= 4 is 18.0 Å².